The number of fused-ring (bicyclic) bond motifs is 1. The molecule has 0 radical (unpaired) electrons. The number of carbonyl (C=O) groups excluding carboxylic acids is 3. The number of hydrogen-bond donors (Lipinski definition) is 4. The van der Waals surface area contributed by atoms with E-state index in [0.29, 0.717) is 84.0 Å². The zero-order chi connectivity index (χ0) is 34.8. The van der Waals surface area contributed by atoms with Crippen LogP contribution in [0.1, 0.15) is 52.7 Å². The fourth-order valence-electron chi connectivity index (χ4n) is 6.92. The SMILES string of the molecule is COc1nc(-c2cccc(-c3cccc(N4Cc5cc(CNCC6CCC(=O)N6)ccc5C4=O)c3Cl)c2Cl)ccc1CNCC1CCC(=O)N1. The first-order valence-electron chi connectivity index (χ1n) is 16.8. The minimum Gasteiger partial charge on any atom is -0.481 e. The lowest BCUT2D eigenvalue weighted by Gasteiger charge is -2.20. The van der Waals surface area contributed by atoms with Crippen molar-refractivity contribution in [2.75, 3.05) is 25.1 Å². The number of benzene rings is 3. The normalized spacial score (nSPS) is 18.4. The molecule has 3 amide bonds. The predicted octanol–water partition coefficient (Wildman–Crippen LogP) is 5.63. The van der Waals surface area contributed by atoms with E-state index in [2.05, 4.69) is 27.3 Å². The van der Waals surface area contributed by atoms with Gasteiger partial charge in [0.05, 0.1) is 35.1 Å². The molecule has 1 aromatic heterocycles. The quantitative estimate of drug-likeness (QED) is 0.150. The summed E-state index contributed by atoms with van der Waals surface area (Å²) in [6.45, 7) is 2.95. The van der Waals surface area contributed by atoms with E-state index in [0.717, 1.165) is 40.7 Å². The zero-order valence-electron chi connectivity index (χ0n) is 27.7. The molecule has 258 valence electrons. The lowest BCUT2D eigenvalue weighted by molar-refractivity contribution is -0.120. The zero-order valence-corrected chi connectivity index (χ0v) is 29.2. The van der Waals surface area contributed by atoms with Gasteiger partial charge in [-0.2, -0.15) is 0 Å². The molecular weight excluding hydrogens is 675 g/mol. The van der Waals surface area contributed by atoms with Crippen molar-refractivity contribution >= 4 is 46.6 Å². The Kier molecular flexibility index (Phi) is 10.1. The number of halogens is 2. The second-order valence-electron chi connectivity index (χ2n) is 12.9. The Bertz CT molecular complexity index is 1970. The highest BCUT2D eigenvalue weighted by Gasteiger charge is 2.31. The molecule has 2 saturated heterocycles. The van der Waals surface area contributed by atoms with E-state index < -0.39 is 0 Å². The van der Waals surface area contributed by atoms with Gasteiger partial charge in [-0.05, 0) is 42.2 Å². The summed E-state index contributed by atoms with van der Waals surface area (Å²) in [7, 11) is 1.59. The first kappa shape index (κ1) is 34.0. The van der Waals surface area contributed by atoms with Crippen LogP contribution in [0.3, 0.4) is 0 Å². The van der Waals surface area contributed by atoms with E-state index in [-0.39, 0.29) is 29.8 Å². The number of ether oxygens (including phenoxy) is 1. The first-order chi connectivity index (χ1) is 24.3. The summed E-state index contributed by atoms with van der Waals surface area (Å²) < 4.78 is 5.64. The van der Waals surface area contributed by atoms with Crippen LogP contribution < -0.4 is 30.9 Å². The third kappa shape index (κ3) is 7.07. The van der Waals surface area contributed by atoms with E-state index in [1.54, 1.807) is 12.0 Å². The van der Waals surface area contributed by atoms with Gasteiger partial charge in [-0.1, -0.05) is 71.7 Å². The van der Waals surface area contributed by atoms with Crippen LogP contribution in [0.15, 0.2) is 66.7 Å². The largest absolute Gasteiger partial charge is 0.481 e. The Morgan fingerprint density at radius 1 is 0.800 bits per heavy atom. The van der Waals surface area contributed by atoms with Gasteiger partial charge in [0.25, 0.3) is 5.91 Å². The number of nitrogens with zero attached hydrogens (tertiary/aromatic N) is 2. The highest BCUT2D eigenvalue weighted by molar-refractivity contribution is 6.39. The van der Waals surface area contributed by atoms with Gasteiger partial charge < -0.3 is 30.9 Å². The summed E-state index contributed by atoms with van der Waals surface area (Å²) in [6, 6.07) is 21.4. The summed E-state index contributed by atoms with van der Waals surface area (Å²) in [5, 5.41) is 13.7. The lowest BCUT2D eigenvalue weighted by atomic mass is 10.00. The number of rotatable bonds is 12. The van der Waals surface area contributed by atoms with Gasteiger partial charge in [0.15, 0.2) is 0 Å². The topological polar surface area (TPSA) is 125 Å². The molecule has 7 rings (SSSR count). The van der Waals surface area contributed by atoms with Gasteiger partial charge in [-0.15, -0.1) is 0 Å². The third-order valence-corrected chi connectivity index (χ3v) is 10.3. The summed E-state index contributed by atoms with van der Waals surface area (Å²) in [5.74, 6) is 0.577. The average molecular weight is 714 g/mol. The molecule has 50 heavy (non-hydrogen) atoms. The van der Waals surface area contributed by atoms with Crippen molar-refractivity contribution in [3.63, 3.8) is 0 Å². The average Bonchev–Trinajstić information content (AvgIpc) is 3.83. The van der Waals surface area contributed by atoms with Gasteiger partial charge >= 0.3 is 0 Å². The number of nitrogens with one attached hydrogen (secondary N) is 4. The molecular formula is C38H38Cl2N6O4. The van der Waals surface area contributed by atoms with Crippen LogP contribution in [0.5, 0.6) is 5.88 Å². The van der Waals surface area contributed by atoms with E-state index in [9.17, 15) is 14.4 Å². The maximum absolute atomic E-state index is 13.6. The minimum atomic E-state index is -0.106. The highest BCUT2D eigenvalue weighted by atomic mass is 35.5. The number of carbonyl (C=O) groups is 3. The van der Waals surface area contributed by atoms with Crippen molar-refractivity contribution in [2.24, 2.45) is 0 Å². The number of aromatic nitrogens is 1. The van der Waals surface area contributed by atoms with E-state index >= 15 is 0 Å². The number of methoxy groups -OCH3 is 1. The molecule has 0 bridgehead atoms. The van der Waals surface area contributed by atoms with Gasteiger partial charge in [0, 0.05) is 78.9 Å². The molecule has 0 saturated carbocycles. The van der Waals surface area contributed by atoms with Crippen molar-refractivity contribution in [1.29, 1.82) is 0 Å². The molecule has 2 atom stereocenters. The Hall–Kier alpha value is -4.48. The Labute approximate surface area is 300 Å². The number of hydrogen-bond acceptors (Lipinski definition) is 7. The summed E-state index contributed by atoms with van der Waals surface area (Å²) >= 11 is 14.2. The van der Waals surface area contributed by atoms with Crippen LogP contribution in [0, 0.1) is 0 Å². The lowest BCUT2D eigenvalue weighted by Crippen LogP contribution is -2.35. The summed E-state index contributed by atoms with van der Waals surface area (Å²) in [4.78, 5) is 43.1. The molecule has 12 heteroatoms. The molecule has 0 spiro atoms. The maximum Gasteiger partial charge on any atom is 0.258 e. The van der Waals surface area contributed by atoms with Crippen molar-refractivity contribution in [3.05, 3.63) is 99.0 Å². The van der Waals surface area contributed by atoms with Gasteiger partial charge in [0.1, 0.15) is 0 Å². The summed E-state index contributed by atoms with van der Waals surface area (Å²) in [6.07, 6.45) is 2.81. The standard InChI is InChI=1S/C38H38Cl2N6O4/c1-50-37-23(18-42-20-26-11-15-34(48)44-26)9-13-31(45-37)30-6-2-4-28(35(30)39)29-5-3-7-32(36(29)40)46-21-24-16-22(8-12-27(24)38(46)49)17-41-19-25-10-14-33(47)43-25/h2-9,12-13,16,25-26,41-42H,10-11,14-15,17-21H2,1H3,(H,43,47)(H,44,48). The fraction of sp³-hybridized carbons (Fsp3) is 0.316. The van der Waals surface area contributed by atoms with Gasteiger partial charge in [-0.25, -0.2) is 4.98 Å². The molecule has 3 aliphatic rings. The summed E-state index contributed by atoms with van der Waals surface area (Å²) in [5.41, 5.74) is 6.96. The van der Waals surface area contributed by atoms with Crippen LogP contribution in [-0.4, -0.2) is 55.0 Å². The molecule has 3 aliphatic heterocycles. The monoisotopic (exact) mass is 712 g/mol. The molecule has 2 fully saturated rings. The maximum atomic E-state index is 13.6. The van der Waals surface area contributed by atoms with Crippen LogP contribution in [0.4, 0.5) is 5.69 Å². The number of amides is 3. The van der Waals surface area contributed by atoms with Crippen molar-refractivity contribution in [3.8, 4) is 28.3 Å². The molecule has 2 unspecified atom stereocenters. The van der Waals surface area contributed by atoms with E-state index in [4.69, 9.17) is 32.9 Å². The Morgan fingerprint density at radius 3 is 2.14 bits per heavy atom. The third-order valence-electron chi connectivity index (χ3n) is 9.54. The van der Waals surface area contributed by atoms with E-state index in [1.165, 1.54) is 0 Å². The van der Waals surface area contributed by atoms with Crippen LogP contribution >= 0.6 is 23.2 Å². The molecule has 0 aliphatic carbocycles. The molecule has 3 aromatic carbocycles. The Balaban J connectivity index is 1.07. The van der Waals surface area contributed by atoms with Gasteiger partial charge in [0.2, 0.25) is 17.7 Å². The van der Waals surface area contributed by atoms with Crippen LogP contribution in [0.2, 0.25) is 10.0 Å². The van der Waals surface area contributed by atoms with Crippen LogP contribution in [-0.2, 0) is 29.2 Å². The molecule has 4 heterocycles. The van der Waals surface area contributed by atoms with E-state index in [1.807, 2.05) is 60.7 Å². The fourth-order valence-corrected chi connectivity index (χ4v) is 7.57. The second kappa shape index (κ2) is 14.8. The first-order valence-corrected chi connectivity index (χ1v) is 17.6. The minimum absolute atomic E-state index is 0.0924. The number of pyridine rings is 1. The smallest absolute Gasteiger partial charge is 0.258 e. The number of anilines is 1. The molecule has 4 N–H and O–H groups in total. The highest BCUT2D eigenvalue weighted by Crippen LogP contribution is 2.43. The Morgan fingerprint density at radius 2 is 1.46 bits per heavy atom. The van der Waals surface area contributed by atoms with Gasteiger partial charge in [-0.3, -0.25) is 14.4 Å². The van der Waals surface area contributed by atoms with Crippen molar-refractivity contribution < 1.29 is 19.1 Å². The predicted molar refractivity (Wildman–Crippen MR) is 194 cm³/mol. The van der Waals surface area contributed by atoms with Crippen molar-refractivity contribution in [1.82, 2.24) is 26.3 Å². The molecule has 10 nitrogen and oxygen atoms in total. The molecule has 4 aromatic rings. The van der Waals surface area contributed by atoms with Crippen LogP contribution in [0.25, 0.3) is 22.4 Å². The van der Waals surface area contributed by atoms with Crippen molar-refractivity contribution in [2.45, 2.75) is 57.4 Å². The second-order valence-corrected chi connectivity index (χ2v) is 13.7.